The summed E-state index contributed by atoms with van der Waals surface area (Å²) in [5.41, 5.74) is 2.01. The molecule has 0 saturated carbocycles. The number of anilines is 2. The molecule has 3 fully saturated rings. The summed E-state index contributed by atoms with van der Waals surface area (Å²) in [7, 11) is 1.45. The van der Waals surface area contributed by atoms with Crippen molar-refractivity contribution in [2.45, 2.75) is 50.9 Å². The monoisotopic (exact) mass is 759 g/mol. The van der Waals surface area contributed by atoms with Crippen molar-refractivity contribution in [3.63, 3.8) is 0 Å². The summed E-state index contributed by atoms with van der Waals surface area (Å²) in [5.74, 6) is -0.454. The van der Waals surface area contributed by atoms with Crippen molar-refractivity contribution >= 4 is 46.0 Å². The van der Waals surface area contributed by atoms with Crippen LogP contribution in [-0.2, 0) is 17.5 Å². The van der Waals surface area contributed by atoms with Crippen molar-refractivity contribution < 1.29 is 37.1 Å². The van der Waals surface area contributed by atoms with Gasteiger partial charge in [0.15, 0.2) is 0 Å². The number of imide groups is 1. The van der Waals surface area contributed by atoms with Crippen LogP contribution in [0.1, 0.15) is 70.2 Å². The van der Waals surface area contributed by atoms with Crippen LogP contribution in [0, 0.1) is 5.92 Å². The van der Waals surface area contributed by atoms with Gasteiger partial charge in [-0.1, -0.05) is 6.07 Å². The van der Waals surface area contributed by atoms with E-state index in [0.29, 0.717) is 35.0 Å². The van der Waals surface area contributed by atoms with E-state index < -0.39 is 23.8 Å². The Labute approximate surface area is 314 Å². The van der Waals surface area contributed by atoms with Crippen molar-refractivity contribution in [1.82, 2.24) is 35.0 Å². The molecule has 17 heteroatoms. The Hall–Kier alpha value is -5.71. The lowest BCUT2D eigenvalue weighted by molar-refractivity contribution is -0.141. The Morgan fingerprint density at radius 2 is 1.75 bits per heavy atom. The topological polar surface area (TPSA) is 145 Å². The Morgan fingerprint density at radius 3 is 2.47 bits per heavy atom. The van der Waals surface area contributed by atoms with Gasteiger partial charge in [-0.2, -0.15) is 18.3 Å². The Bertz CT molecular complexity index is 2160. The number of hydrogen-bond donors (Lipinski definition) is 2. The molecule has 0 spiro atoms. The number of pyridine rings is 1. The van der Waals surface area contributed by atoms with Gasteiger partial charge in [-0.15, -0.1) is 0 Å². The van der Waals surface area contributed by atoms with Gasteiger partial charge < -0.3 is 19.9 Å². The first kappa shape index (κ1) is 36.3. The molecule has 0 atom stereocenters. The fraction of sp³-hybridized carbons (Fsp3) is 0.421. The molecule has 14 nitrogen and oxygen atoms in total. The van der Waals surface area contributed by atoms with E-state index in [9.17, 15) is 32.3 Å². The van der Waals surface area contributed by atoms with E-state index in [1.165, 1.54) is 23.2 Å². The Morgan fingerprint density at radius 1 is 0.964 bits per heavy atom. The maximum atomic E-state index is 13.2. The molecule has 0 unspecified atom stereocenters. The zero-order chi connectivity index (χ0) is 38.4. The number of aromatic nitrogens is 3. The van der Waals surface area contributed by atoms with Crippen LogP contribution in [-0.4, -0.2) is 99.8 Å². The maximum Gasteiger partial charge on any atom is 0.433 e. The number of benzene rings is 2. The summed E-state index contributed by atoms with van der Waals surface area (Å²) < 4.78 is 46.9. The van der Waals surface area contributed by atoms with Gasteiger partial charge in [0.2, 0.25) is 5.91 Å². The summed E-state index contributed by atoms with van der Waals surface area (Å²) in [5, 5.41) is 13.2. The van der Waals surface area contributed by atoms with Gasteiger partial charge >= 0.3 is 12.2 Å². The number of likely N-dealkylation sites (tertiary alicyclic amines) is 1. The highest BCUT2D eigenvalue weighted by atomic mass is 19.4. The first-order chi connectivity index (χ1) is 26.4. The van der Waals surface area contributed by atoms with E-state index in [2.05, 4.69) is 31.5 Å². The fourth-order valence-electron chi connectivity index (χ4n) is 8.01. The quantitative estimate of drug-likeness (QED) is 0.252. The maximum absolute atomic E-state index is 13.2. The van der Waals surface area contributed by atoms with Crippen LogP contribution in [0.2, 0.25) is 0 Å². The number of nitrogens with zero attached hydrogens (tertiary/aromatic N) is 7. The minimum atomic E-state index is -4.67. The summed E-state index contributed by atoms with van der Waals surface area (Å²) in [4.78, 5) is 58.2. The number of ether oxygens (including phenoxy) is 1. The van der Waals surface area contributed by atoms with Crippen LogP contribution >= 0.6 is 0 Å². The van der Waals surface area contributed by atoms with Crippen molar-refractivity contribution in [1.29, 1.82) is 0 Å². The Balaban J connectivity index is 0.833. The Kier molecular flexibility index (Phi) is 9.57. The third kappa shape index (κ3) is 7.39. The summed E-state index contributed by atoms with van der Waals surface area (Å²) in [6, 6.07) is 12.1. The van der Waals surface area contributed by atoms with Gasteiger partial charge in [0, 0.05) is 68.0 Å². The largest absolute Gasteiger partial charge is 0.494 e. The van der Waals surface area contributed by atoms with Gasteiger partial charge in [-0.3, -0.25) is 24.4 Å². The molecule has 288 valence electrons. The number of alkyl halides is 3. The van der Waals surface area contributed by atoms with Crippen LogP contribution in [0.5, 0.6) is 5.75 Å². The highest BCUT2D eigenvalue weighted by Gasteiger charge is 2.38. The standard InChI is InChI=1S/C38H40F3N9O5/c1-55-32-19-30-25(18-31(32)43-35(52)29-3-2-4-33(42-29)38(39,40)41)21-48(45-30)26-9-12-46(13-10-26)20-23-7-14-47(15-8-23)27-5-6-28-24(17-27)22-50(36(28)53)49-16-11-34(51)44-37(49)54/h2-6,17-19,21,23,26H,7-16,20,22H2,1H3,(H,43,52)(H,44,51,54). The number of amides is 5. The number of fused-ring (bicyclic) bond motifs is 2. The van der Waals surface area contributed by atoms with E-state index in [4.69, 9.17) is 9.84 Å². The predicted octanol–water partition coefficient (Wildman–Crippen LogP) is 5.08. The second-order valence-corrected chi connectivity index (χ2v) is 14.5. The summed E-state index contributed by atoms with van der Waals surface area (Å²) >= 11 is 0. The normalized spacial score (nSPS) is 18.9. The minimum Gasteiger partial charge on any atom is -0.494 e. The second-order valence-electron chi connectivity index (χ2n) is 14.5. The molecule has 4 aromatic rings. The second kappa shape index (κ2) is 14.5. The first-order valence-electron chi connectivity index (χ1n) is 18.4. The number of carbonyl (C=O) groups is 4. The van der Waals surface area contributed by atoms with Gasteiger partial charge in [0.25, 0.3) is 11.8 Å². The average molecular weight is 760 g/mol. The number of halogens is 3. The summed E-state index contributed by atoms with van der Waals surface area (Å²) in [6.07, 6.45) is 1.38. The van der Waals surface area contributed by atoms with Crippen molar-refractivity contribution in [2.24, 2.45) is 5.92 Å². The van der Waals surface area contributed by atoms with E-state index in [1.54, 1.807) is 12.1 Å². The number of rotatable bonds is 8. The molecule has 2 aromatic carbocycles. The molecule has 8 rings (SSSR count). The van der Waals surface area contributed by atoms with Gasteiger partial charge in [0.05, 0.1) is 37.4 Å². The van der Waals surface area contributed by atoms with Gasteiger partial charge in [-0.05, 0) is 73.6 Å². The van der Waals surface area contributed by atoms with Crippen molar-refractivity contribution in [2.75, 3.05) is 56.6 Å². The first-order valence-corrected chi connectivity index (χ1v) is 18.4. The molecule has 2 N–H and O–H groups in total. The predicted molar refractivity (Wildman–Crippen MR) is 194 cm³/mol. The van der Waals surface area contributed by atoms with Crippen LogP contribution in [0.25, 0.3) is 10.9 Å². The zero-order valence-electron chi connectivity index (χ0n) is 30.1. The molecule has 6 heterocycles. The number of methoxy groups -OCH3 is 1. The molecular formula is C38H40F3N9O5. The van der Waals surface area contributed by atoms with Gasteiger partial charge in [0.1, 0.15) is 17.1 Å². The van der Waals surface area contributed by atoms with E-state index >= 15 is 0 Å². The molecule has 0 radical (unpaired) electrons. The lowest BCUT2D eigenvalue weighted by Crippen LogP contribution is -2.56. The molecule has 2 aromatic heterocycles. The SMILES string of the molecule is COc1cc2nn(C3CCN(CC4CCN(c5ccc6c(c5)CN(N5CCC(=O)NC5=O)C6=O)CC4)CC3)cc2cc1NC(=O)c1cccc(C(F)(F)F)n1. The number of hydrogen-bond acceptors (Lipinski definition) is 9. The minimum absolute atomic E-state index is 0.158. The van der Waals surface area contributed by atoms with Crippen molar-refractivity contribution in [3.8, 4) is 5.75 Å². The third-order valence-corrected chi connectivity index (χ3v) is 11.0. The zero-order valence-corrected chi connectivity index (χ0v) is 30.1. The number of nitrogens with one attached hydrogen (secondary N) is 2. The molecule has 3 saturated heterocycles. The molecule has 0 aliphatic carbocycles. The lowest BCUT2D eigenvalue weighted by Gasteiger charge is -2.38. The fourth-order valence-corrected chi connectivity index (χ4v) is 8.01. The third-order valence-electron chi connectivity index (χ3n) is 11.0. The van der Waals surface area contributed by atoms with E-state index in [-0.39, 0.29) is 36.5 Å². The average Bonchev–Trinajstić information content (AvgIpc) is 3.74. The highest BCUT2D eigenvalue weighted by Crippen LogP contribution is 2.35. The summed E-state index contributed by atoms with van der Waals surface area (Å²) in [6.45, 7) is 5.20. The molecule has 55 heavy (non-hydrogen) atoms. The van der Waals surface area contributed by atoms with Crippen LogP contribution in [0.3, 0.4) is 0 Å². The molecular weight excluding hydrogens is 719 g/mol. The van der Waals surface area contributed by atoms with Crippen LogP contribution in [0.15, 0.2) is 54.7 Å². The number of urea groups is 1. The molecule has 5 amide bonds. The lowest BCUT2D eigenvalue weighted by atomic mass is 9.94. The van der Waals surface area contributed by atoms with Crippen molar-refractivity contribution in [3.05, 3.63) is 77.2 Å². The number of carbonyl (C=O) groups excluding carboxylic acids is 4. The number of hydrazine groups is 1. The van der Waals surface area contributed by atoms with Gasteiger partial charge in [-0.25, -0.2) is 19.8 Å². The highest BCUT2D eigenvalue weighted by molar-refractivity contribution is 6.05. The number of piperidine rings is 2. The molecule has 0 bridgehead atoms. The van der Waals surface area contributed by atoms with Crippen LogP contribution in [0.4, 0.5) is 29.3 Å². The van der Waals surface area contributed by atoms with E-state index in [1.807, 2.05) is 23.0 Å². The molecule has 4 aliphatic rings. The smallest absolute Gasteiger partial charge is 0.433 e. The van der Waals surface area contributed by atoms with Crippen LogP contribution < -0.4 is 20.3 Å². The van der Waals surface area contributed by atoms with E-state index in [0.717, 1.165) is 87.2 Å². The molecule has 4 aliphatic heterocycles.